The molecule has 0 spiro atoms. The van der Waals surface area contributed by atoms with Gasteiger partial charge in [0.25, 0.3) is 5.91 Å². The number of nitrogens with two attached hydrogens (primary N) is 1. The van der Waals surface area contributed by atoms with Gasteiger partial charge in [0.15, 0.2) is 6.10 Å². The smallest absolute Gasteiger partial charge is 0.274 e. The molecule has 100 valence electrons. The summed E-state index contributed by atoms with van der Waals surface area (Å²) in [4.78, 5) is 11.6. The first-order chi connectivity index (χ1) is 8.49. The van der Waals surface area contributed by atoms with E-state index in [2.05, 4.69) is 5.43 Å². The highest BCUT2D eigenvalue weighted by Crippen LogP contribution is 2.26. The molecule has 0 aliphatic rings. The lowest BCUT2D eigenvalue weighted by Gasteiger charge is -2.18. The SMILES string of the molecule is CCCC(Oc1cc(C)c(Cl)c(C)c1)C(=O)NN. The largest absolute Gasteiger partial charge is 0.481 e. The Morgan fingerprint density at radius 3 is 2.44 bits per heavy atom. The van der Waals surface area contributed by atoms with Gasteiger partial charge in [-0.2, -0.15) is 0 Å². The first kappa shape index (κ1) is 14.8. The second kappa shape index (κ2) is 6.61. The quantitative estimate of drug-likeness (QED) is 0.491. The summed E-state index contributed by atoms with van der Waals surface area (Å²) in [6.45, 7) is 5.79. The molecule has 0 aliphatic heterocycles. The predicted molar refractivity (Wildman–Crippen MR) is 72.6 cm³/mol. The van der Waals surface area contributed by atoms with Crippen LogP contribution in [-0.4, -0.2) is 12.0 Å². The fourth-order valence-corrected chi connectivity index (χ4v) is 1.85. The third-order valence-electron chi connectivity index (χ3n) is 2.67. The molecule has 1 unspecified atom stereocenters. The molecule has 18 heavy (non-hydrogen) atoms. The Morgan fingerprint density at radius 1 is 1.44 bits per heavy atom. The van der Waals surface area contributed by atoms with Crippen molar-refractivity contribution in [3.05, 3.63) is 28.3 Å². The first-order valence-electron chi connectivity index (χ1n) is 5.93. The number of hydrogen-bond donors (Lipinski definition) is 2. The van der Waals surface area contributed by atoms with Gasteiger partial charge in [0, 0.05) is 5.02 Å². The molecular formula is C13H19ClN2O2. The molecule has 5 heteroatoms. The van der Waals surface area contributed by atoms with Gasteiger partial charge in [0.2, 0.25) is 0 Å². The highest BCUT2D eigenvalue weighted by atomic mass is 35.5. The average Bonchev–Trinajstić information content (AvgIpc) is 2.34. The summed E-state index contributed by atoms with van der Waals surface area (Å²) in [6, 6.07) is 3.64. The number of hydrazine groups is 1. The molecule has 1 amide bonds. The van der Waals surface area contributed by atoms with Crippen LogP contribution in [0.5, 0.6) is 5.75 Å². The van der Waals surface area contributed by atoms with Crippen molar-refractivity contribution in [3.8, 4) is 5.75 Å². The third-order valence-corrected chi connectivity index (χ3v) is 3.27. The molecule has 0 radical (unpaired) electrons. The lowest BCUT2D eigenvalue weighted by Crippen LogP contribution is -2.42. The highest BCUT2D eigenvalue weighted by Gasteiger charge is 2.19. The Balaban J connectivity index is 2.90. The van der Waals surface area contributed by atoms with E-state index >= 15 is 0 Å². The number of nitrogens with one attached hydrogen (secondary N) is 1. The minimum atomic E-state index is -0.569. The number of benzene rings is 1. The van der Waals surface area contributed by atoms with Crippen LogP contribution in [0.3, 0.4) is 0 Å². The Bertz CT molecular complexity index is 412. The molecule has 4 nitrogen and oxygen atoms in total. The summed E-state index contributed by atoms with van der Waals surface area (Å²) < 4.78 is 5.67. The van der Waals surface area contributed by atoms with Crippen LogP contribution in [0.1, 0.15) is 30.9 Å². The molecule has 3 N–H and O–H groups in total. The maximum absolute atomic E-state index is 11.6. The van der Waals surface area contributed by atoms with Crippen LogP contribution in [0, 0.1) is 13.8 Å². The normalized spacial score (nSPS) is 12.1. The molecule has 1 aromatic rings. The number of rotatable bonds is 5. The predicted octanol–water partition coefficient (Wildman–Crippen LogP) is 2.49. The standard InChI is InChI=1S/C13H19ClN2O2/c1-4-5-11(13(17)16-15)18-10-6-8(2)12(14)9(3)7-10/h6-7,11H,4-5,15H2,1-3H3,(H,16,17). The van der Waals surface area contributed by atoms with Crippen LogP contribution in [0.15, 0.2) is 12.1 Å². The fraction of sp³-hybridized carbons (Fsp3) is 0.462. The van der Waals surface area contributed by atoms with E-state index in [0.29, 0.717) is 12.2 Å². The second-order valence-electron chi connectivity index (χ2n) is 4.27. The van der Waals surface area contributed by atoms with Crippen LogP contribution in [0.4, 0.5) is 0 Å². The summed E-state index contributed by atoms with van der Waals surface area (Å²) in [7, 11) is 0. The third kappa shape index (κ3) is 3.62. The van der Waals surface area contributed by atoms with Crippen molar-refractivity contribution in [2.24, 2.45) is 5.84 Å². The van der Waals surface area contributed by atoms with Crippen molar-refractivity contribution in [2.45, 2.75) is 39.7 Å². The Kier molecular flexibility index (Phi) is 5.44. The molecular weight excluding hydrogens is 252 g/mol. The summed E-state index contributed by atoms with van der Waals surface area (Å²) in [5.74, 6) is 5.46. The van der Waals surface area contributed by atoms with Gasteiger partial charge in [-0.1, -0.05) is 24.9 Å². The van der Waals surface area contributed by atoms with Crippen molar-refractivity contribution >= 4 is 17.5 Å². The van der Waals surface area contributed by atoms with E-state index in [1.165, 1.54) is 0 Å². The Labute approximate surface area is 112 Å². The van der Waals surface area contributed by atoms with Gasteiger partial charge in [0.1, 0.15) is 5.75 Å². The van der Waals surface area contributed by atoms with E-state index in [9.17, 15) is 4.79 Å². The fourth-order valence-electron chi connectivity index (χ4n) is 1.74. The zero-order valence-corrected chi connectivity index (χ0v) is 11.7. The van der Waals surface area contributed by atoms with Gasteiger partial charge in [-0.3, -0.25) is 10.2 Å². The second-order valence-corrected chi connectivity index (χ2v) is 4.65. The van der Waals surface area contributed by atoms with Crippen molar-refractivity contribution < 1.29 is 9.53 Å². The van der Waals surface area contributed by atoms with E-state index in [1.54, 1.807) is 0 Å². The molecule has 1 rings (SSSR count). The Hall–Kier alpha value is -1.26. The van der Waals surface area contributed by atoms with E-state index in [1.807, 2.05) is 32.9 Å². The van der Waals surface area contributed by atoms with Crippen LogP contribution < -0.4 is 16.0 Å². The number of amides is 1. The maximum Gasteiger partial charge on any atom is 0.274 e. The van der Waals surface area contributed by atoms with Crippen LogP contribution in [0.25, 0.3) is 0 Å². The average molecular weight is 271 g/mol. The van der Waals surface area contributed by atoms with E-state index in [-0.39, 0.29) is 5.91 Å². The van der Waals surface area contributed by atoms with Gasteiger partial charge >= 0.3 is 0 Å². The molecule has 1 aromatic carbocycles. The minimum Gasteiger partial charge on any atom is -0.481 e. The minimum absolute atomic E-state index is 0.317. The van der Waals surface area contributed by atoms with Gasteiger partial charge < -0.3 is 4.74 Å². The van der Waals surface area contributed by atoms with Gasteiger partial charge in [-0.15, -0.1) is 0 Å². The lowest BCUT2D eigenvalue weighted by atomic mass is 10.1. The van der Waals surface area contributed by atoms with Crippen molar-refractivity contribution in [2.75, 3.05) is 0 Å². The van der Waals surface area contributed by atoms with Gasteiger partial charge in [-0.25, -0.2) is 5.84 Å². The molecule has 0 saturated heterocycles. The van der Waals surface area contributed by atoms with Gasteiger partial charge in [-0.05, 0) is 43.5 Å². The molecule has 0 aliphatic carbocycles. The number of ether oxygens (including phenoxy) is 1. The molecule has 1 atom stereocenters. The summed E-state index contributed by atoms with van der Waals surface area (Å²) in [6.07, 6.45) is 0.882. The monoisotopic (exact) mass is 270 g/mol. The Morgan fingerprint density at radius 2 is 2.00 bits per heavy atom. The highest BCUT2D eigenvalue weighted by molar-refractivity contribution is 6.32. The topological polar surface area (TPSA) is 64.3 Å². The number of halogens is 1. The van der Waals surface area contributed by atoms with Crippen LogP contribution in [-0.2, 0) is 4.79 Å². The number of carbonyl (C=O) groups is 1. The van der Waals surface area contributed by atoms with E-state index in [0.717, 1.165) is 22.6 Å². The van der Waals surface area contributed by atoms with Crippen LogP contribution >= 0.6 is 11.6 Å². The summed E-state index contributed by atoms with van der Waals surface area (Å²) in [5.41, 5.74) is 3.97. The van der Waals surface area contributed by atoms with Crippen molar-refractivity contribution in [3.63, 3.8) is 0 Å². The van der Waals surface area contributed by atoms with E-state index < -0.39 is 6.10 Å². The zero-order valence-electron chi connectivity index (χ0n) is 10.9. The van der Waals surface area contributed by atoms with Gasteiger partial charge in [0.05, 0.1) is 0 Å². The molecule has 0 aromatic heterocycles. The van der Waals surface area contributed by atoms with Crippen molar-refractivity contribution in [1.29, 1.82) is 0 Å². The van der Waals surface area contributed by atoms with Crippen molar-refractivity contribution in [1.82, 2.24) is 5.43 Å². The molecule has 0 bridgehead atoms. The number of hydrogen-bond acceptors (Lipinski definition) is 3. The molecule has 0 saturated carbocycles. The number of aryl methyl sites for hydroxylation is 2. The van der Waals surface area contributed by atoms with Crippen LogP contribution in [0.2, 0.25) is 5.02 Å². The number of carbonyl (C=O) groups excluding carboxylic acids is 1. The zero-order chi connectivity index (χ0) is 13.7. The molecule has 0 fully saturated rings. The first-order valence-corrected chi connectivity index (χ1v) is 6.31. The summed E-state index contributed by atoms with van der Waals surface area (Å²) >= 11 is 6.08. The van der Waals surface area contributed by atoms with E-state index in [4.69, 9.17) is 22.2 Å². The molecule has 0 heterocycles. The summed E-state index contributed by atoms with van der Waals surface area (Å²) in [5, 5.41) is 0.720. The lowest BCUT2D eigenvalue weighted by molar-refractivity contribution is -0.128. The maximum atomic E-state index is 11.6.